The Kier molecular flexibility index (Phi) is 7.46. The summed E-state index contributed by atoms with van der Waals surface area (Å²) in [4.78, 5) is 26.2. The molecule has 0 bridgehead atoms. The molecule has 0 aliphatic carbocycles. The number of hydrogen-bond donors (Lipinski definition) is 3. The van der Waals surface area contributed by atoms with Crippen LogP contribution >= 0.6 is 0 Å². The Morgan fingerprint density at radius 3 is 2.62 bits per heavy atom. The van der Waals surface area contributed by atoms with Gasteiger partial charge in [-0.1, -0.05) is 29.4 Å². The number of fused-ring (bicyclic) bond motifs is 3. The quantitative estimate of drug-likeness (QED) is 0.393. The van der Waals surface area contributed by atoms with E-state index in [1.807, 2.05) is 6.92 Å². The molecule has 3 N–H and O–H groups in total. The van der Waals surface area contributed by atoms with E-state index in [1.54, 1.807) is 12.1 Å². The normalized spacial score (nSPS) is 20.8. The van der Waals surface area contributed by atoms with Crippen molar-refractivity contribution in [2.75, 3.05) is 4.90 Å². The molecule has 0 fully saturated rings. The Bertz CT molecular complexity index is 1290. The lowest BCUT2D eigenvalue weighted by atomic mass is 9.84. The molecule has 2 aromatic carbocycles. The number of anilines is 1. The Morgan fingerprint density at radius 1 is 1.16 bits per heavy atom. The zero-order chi connectivity index (χ0) is 26.9. The van der Waals surface area contributed by atoms with Crippen LogP contribution in [0.4, 0.5) is 5.69 Å². The average Bonchev–Trinajstić information content (AvgIpc) is 3.16. The molecule has 2 aliphatic heterocycles. The number of rotatable bonds is 8. The van der Waals surface area contributed by atoms with Crippen LogP contribution in [0.5, 0.6) is 11.5 Å². The van der Waals surface area contributed by atoms with Crippen molar-refractivity contribution in [1.29, 1.82) is 0 Å². The smallest absolute Gasteiger partial charge is 0.335 e. The number of carbonyl (C=O) groups is 2. The third-order valence-electron chi connectivity index (χ3n) is 7.32. The Hall–Kier alpha value is -3.58. The van der Waals surface area contributed by atoms with Gasteiger partial charge in [0.15, 0.2) is 0 Å². The minimum atomic E-state index is -1.07. The predicted molar refractivity (Wildman–Crippen MR) is 142 cm³/mol. The Morgan fingerprint density at radius 2 is 1.92 bits per heavy atom. The summed E-state index contributed by atoms with van der Waals surface area (Å²) in [5.41, 5.74) is 3.71. The third-order valence-corrected chi connectivity index (χ3v) is 7.32. The maximum absolute atomic E-state index is 13.3. The van der Waals surface area contributed by atoms with Crippen molar-refractivity contribution in [3.05, 3.63) is 75.9 Å². The van der Waals surface area contributed by atoms with Crippen molar-refractivity contribution in [3.8, 4) is 11.5 Å². The molecular weight excluding hydrogens is 470 g/mol. The second-order valence-electron chi connectivity index (χ2n) is 10.5. The fraction of sp³-hybridized carbons (Fsp3) is 0.400. The zero-order valence-electron chi connectivity index (χ0n) is 21.9. The minimum absolute atomic E-state index is 0.0839. The molecule has 2 unspecified atom stereocenters. The number of aromatic carboxylic acids is 1. The van der Waals surface area contributed by atoms with Crippen molar-refractivity contribution in [2.45, 2.75) is 78.0 Å². The Labute approximate surface area is 217 Å². The van der Waals surface area contributed by atoms with Crippen LogP contribution in [0.1, 0.15) is 85.2 Å². The van der Waals surface area contributed by atoms with E-state index < -0.39 is 17.7 Å². The SMILES string of the molecule is CC(C)=CCCC(C)=CCCC1(C)Oc2c(c(O)cc3c2CN(c2cccc(C(=O)O)c2)C3=O)CC1O. The lowest BCUT2D eigenvalue weighted by Gasteiger charge is -2.40. The summed E-state index contributed by atoms with van der Waals surface area (Å²) in [7, 11) is 0. The molecule has 1 amide bonds. The third kappa shape index (κ3) is 5.42. The predicted octanol–water partition coefficient (Wildman–Crippen LogP) is 5.78. The number of carboxylic acids is 1. The van der Waals surface area contributed by atoms with Crippen LogP contribution in [0.25, 0.3) is 0 Å². The number of carbonyl (C=O) groups excluding carboxylic acids is 1. The number of nitrogens with zero attached hydrogens (tertiary/aromatic N) is 1. The molecule has 0 radical (unpaired) electrons. The van der Waals surface area contributed by atoms with Crippen molar-refractivity contribution in [2.24, 2.45) is 0 Å². The summed E-state index contributed by atoms with van der Waals surface area (Å²) in [6.45, 7) is 8.35. The summed E-state index contributed by atoms with van der Waals surface area (Å²) in [6, 6.07) is 7.64. The lowest BCUT2D eigenvalue weighted by molar-refractivity contribution is -0.0597. The highest BCUT2D eigenvalue weighted by atomic mass is 16.5. The van der Waals surface area contributed by atoms with Crippen molar-refractivity contribution in [3.63, 3.8) is 0 Å². The van der Waals surface area contributed by atoms with Gasteiger partial charge < -0.3 is 25.0 Å². The maximum Gasteiger partial charge on any atom is 0.335 e. The van der Waals surface area contributed by atoms with E-state index in [-0.39, 0.29) is 30.2 Å². The summed E-state index contributed by atoms with van der Waals surface area (Å²) in [5, 5.41) is 31.1. The molecule has 2 heterocycles. The monoisotopic (exact) mass is 505 g/mol. The van der Waals surface area contributed by atoms with Crippen LogP contribution < -0.4 is 9.64 Å². The van der Waals surface area contributed by atoms with Gasteiger partial charge in [-0.2, -0.15) is 0 Å². The molecule has 7 nitrogen and oxygen atoms in total. The molecule has 7 heteroatoms. The second kappa shape index (κ2) is 10.4. The first kappa shape index (κ1) is 26.5. The van der Waals surface area contributed by atoms with Gasteiger partial charge in [-0.25, -0.2) is 4.79 Å². The van der Waals surface area contributed by atoms with Gasteiger partial charge in [-0.15, -0.1) is 0 Å². The number of allylic oxidation sites excluding steroid dienone is 4. The van der Waals surface area contributed by atoms with E-state index in [4.69, 9.17) is 4.74 Å². The largest absolute Gasteiger partial charge is 0.508 e. The summed E-state index contributed by atoms with van der Waals surface area (Å²) in [6.07, 6.45) is 7.10. The van der Waals surface area contributed by atoms with Gasteiger partial charge in [0.25, 0.3) is 5.91 Å². The van der Waals surface area contributed by atoms with Gasteiger partial charge in [-0.05, 0) is 77.6 Å². The molecule has 0 saturated carbocycles. The number of hydrogen-bond acceptors (Lipinski definition) is 5. The molecule has 0 saturated heterocycles. The summed E-state index contributed by atoms with van der Waals surface area (Å²) in [5.74, 6) is -1.05. The van der Waals surface area contributed by atoms with E-state index in [2.05, 4.69) is 32.9 Å². The van der Waals surface area contributed by atoms with Crippen molar-refractivity contribution >= 4 is 17.6 Å². The highest BCUT2D eigenvalue weighted by molar-refractivity contribution is 6.11. The van der Waals surface area contributed by atoms with Crippen LogP contribution in [-0.4, -0.2) is 38.9 Å². The minimum Gasteiger partial charge on any atom is -0.508 e. The van der Waals surface area contributed by atoms with Gasteiger partial charge in [0.2, 0.25) is 0 Å². The molecular formula is C30H35NO6. The van der Waals surface area contributed by atoms with E-state index in [1.165, 1.54) is 34.2 Å². The lowest BCUT2D eigenvalue weighted by Crippen LogP contribution is -2.49. The standard InChI is InChI=1S/C30H35NO6/c1-18(2)8-5-9-19(3)10-7-13-30(4)26(33)16-23-25(32)15-22-24(27(23)37-30)17-31(28(22)34)21-12-6-11-20(14-21)29(35)36/h6,8,10-12,14-15,26,32-33H,5,7,9,13,16-17H2,1-4H3,(H,35,36). The number of aliphatic hydroxyl groups excluding tert-OH is 1. The van der Waals surface area contributed by atoms with Crippen LogP contribution in [0.3, 0.4) is 0 Å². The van der Waals surface area contributed by atoms with Crippen LogP contribution in [0.15, 0.2) is 53.6 Å². The topological polar surface area (TPSA) is 107 Å². The second-order valence-corrected chi connectivity index (χ2v) is 10.5. The van der Waals surface area contributed by atoms with Gasteiger partial charge in [0, 0.05) is 23.2 Å². The molecule has 0 spiro atoms. The van der Waals surface area contributed by atoms with Gasteiger partial charge in [0.05, 0.1) is 23.8 Å². The number of phenols is 1. The first-order chi connectivity index (χ1) is 17.5. The van der Waals surface area contributed by atoms with E-state index >= 15 is 0 Å². The first-order valence-corrected chi connectivity index (χ1v) is 12.7. The average molecular weight is 506 g/mol. The van der Waals surface area contributed by atoms with Crippen LogP contribution in [0.2, 0.25) is 0 Å². The highest BCUT2D eigenvalue weighted by Crippen LogP contribution is 2.47. The first-order valence-electron chi connectivity index (χ1n) is 12.7. The number of aromatic hydroxyl groups is 1. The summed E-state index contributed by atoms with van der Waals surface area (Å²) >= 11 is 0. The zero-order valence-corrected chi connectivity index (χ0v) is 21.9. The molecule has 2 aromatic rings. The molecule has 0 aromatic heterocycles. The van der Waals surface area contributed by atoms with Gasteiger partial charge >= 0.3 is 5.97 Å². The van der Waals surface area contributed by atoms with Crippen LogP contribution in [-0.2, 0) is 13.0 Å². The number of carboxylic acid groups (broad SMARTS) is 1. The number of amides is 1. The van der Waals surface area contributed by atoms with Crippen molar-refractivity contribution in [1.82, 2.24) is 0 Å². The fourth-order valence-corrected chi connectivity index (χ4v) is 5.01. The van der Waals surface area contributed by atoms with Crippen molar-refractivity contribution < 1.29 is 29.6 Å². The number of aliphatic hydroxyl groups is 1. The maximum atomic E-state index is 13.3. The van der Waals surface area contributed by atoms with Gasteiger partial charge in [-0.3, -0.25) is 4.79 Å². The number of phenolic OH excluding ortho intramolecular Hbond substituents is 1. The summed E-state index contributed by atoms with van der Waals surface area (Å²) < 4.78 is 6.42. The molecule has 37 heavy (non-hydrogen) atoms. The van der Waals surface area contributed by atoms with E-state index in [0.29, 0.717) is 34.5 Å². The molecule has 196 valence electrons. The number of benzene rings is 2. The molecule has 2 aliphatic rings. The molecule has 2 atom stereocenters. The Balaban J connectivity index is 1.57. The van der Waals surface area contributed by atoms with Gasteiger partial charge in [0.1, 0.15) is 17.1 Å². The van der Waals surface area contributed by atoms with E-state index in [0.717, 1.165) is 19.3 Å². The highest BCUT2D eigenvalue weighted by Gasteiger charge is 2.44. The van der Waals surface area contributed by atoms with Crippen LogP contribution in [0, 0.1) is 0 Å². The van der Waals surface area contributed by atoms with E-state index in [9.17, 15) is 24.9 Å². The fourth-order valence-electron chi connectivity index (χ4n) is 5.01. The molecule has 4 rings (SSSR count). The number of ether oxygens (including phenoxy) is 1.